The van der Waals surface area contributed by atoms with Crippen LogP contribution in [0.5, 0.6) is 0 Å². The summed E-state index contributed by atoms with van der Waals surface area (Å²) in [5.74, 6) is 0.0817. The number of hydrogen-bond donors (Lipinski definition) is 1. The lowest BCUT2D eigenvalue weighted by Gasteiger charge is -2.07. The summed E-state index contributed by atoms with van der Waals surface area (Å²) >= 11 is 0. The van der Waals surface area contributed by atoms with Gasteiger partial charge in [0.05, 0.1) is 5.69 Å². The molecule has 4 heteroatoms. The van der Waals surface area contributed by atoms with Gasteiger partial charge in [-0.05, 0) is 48.2 Å². The Hall–Kier alpha value is -3.01. The van der Waals surface area contributed by atoms with Crippen molar-refractivity contribution in [1.29, 1.82) is 0 Å². The minimum absolute atomic E-state index is 0.0817. The molecule has 0 saturated heterocycles. The van der Waals surface area contributed by atoms with Crippen molar-refractivity contribution in [2.24, 2.45) is 0 Å². The lowest BCUT2D eigenvalue weighted by Crippen LogP contribution is -2.22. The van der Waals surface area contributed by atoms with Gasteiger partial charge in [0.1, 0.15) is 0 Å². The van der Waals surface area contributed by atoms with Gasteiger partial charge in [0, 0.05) is 37.1 Å². The quantitative estimate of drug-likeness (QED) is 0.717. The number of nitrogens with one attached hydrogen (secondary N) is 1. The number of amides is 1. The van der Waals surface area contributed by atoms with Crippen LogP contribution in [0, 0.1) is 0 Å². The molecule has 1 aromatic carbocycles. The highest BCUT2D eigenvalue weighted by molar-refractivity contribution is 5.75. The summed E-state index contributed by atoms with van der Waals surface area (Å²) < 4.78 is 0. The summed E-state index contributed by atoms with van der Waals surface area (Å²) in [4.78, 5) is 20.4. The first-order valence-corrected chi connectivity index (χ1v) is 8.47. The van der Waals surface area contributed by atoms with E-state index >= 15 is 0 Å². The van der Waals surface area contributed by atoms with Gasteiger partial charge in [-0.15, -0.1) is 0 Å². The first-order chi connectivity index (χ1) is 12.3. The maximum atomic E-state index is 12.0. The molecule has 0 aliphatic heterocycles. The number of rotatable bonds is 7. The van der Waals surface area contributed by atoms with E-state index < -0.39 is 0 Å². The van der Waals surface area contributed by atoms with Gasteiger partial charge in [0.25, 0.3) is 0 Å². The third kappa shape index (κ3) is 5.24. The number of aryl methyl sites for hydroxylation is 1. The third-order valence-electron chi connectivity index (χ3n) is 4.00. The maximum Gasteiger partial charge on any atom is 0.220 e. The topological polar surface area (TPSA) is 54.9 Å². The van der Waals surface area contributed by atoms with E-state index in [4.69, 9.17) is 0 Å². The Kier molecular flexibility index (Phi) is 5.88. The van der Waals surface area contributed by atoms with Crippen molar-refractivity contribution in [3.8, 4) is 11.3 Å². The van der Waals surface area contributed by atoms with Crippen molar-refractivity contribution >= 4 is 5.91 Å². The van der Waals surface area contributed by atoms with E-state index in [2.05, 4.69) is 27.4 Å². The zero-order chi connectivity index (χ0) is 17.3. The molecule has 2 heterocycles. The van der Waals surface area contributed by atoms with E-state index in [1.165, 1.54) is 5.56 Å². The van der Waals surface area contributed by atoms with Gasteiger partial charge in [-0.3, -0.25) is 14.8 Å². The molecule has 0 spiro atoms. The summed E-state index contributed by atoms with van der Waals surface area (Å²) in [6.45, 7) is 0.519. The Morgan fingerprint density at radius 3 is 2.52 bits per heavy atom. The standard InChI is InChI=1S/C21H21N3O/c25-21(8-4-7-17-5-2-1-3-6-17)24-16-18-9-14-23-20(15-18)19-10-12-22-13-11-19/h1-3,5-6,9-15H,4,7-8,16H2,(H,24,25). The van der Waals surface area contributed by atoms with Crippen LogP contribution >= 0.6 is 0 Å². The largest absolute Gasteiger partial charge is 0.352 e. The van der Waals surface area contributed by atoms with Gasteiger partial charge in [-0.25, -0.2) is 0 Å². The average Bonchev–Trinajstić information content (AvgIpc) is 2.68. The average molecular weight is 331 g/mol. The zero-order valence-electron chi connectivity index (χ0n) is 14.1. The fourth-order valence-electron chi connectivity index (χ4n) is 2.65. The summed E-state index contributed by atoms with van der Waals surface area (Å²) in [6.07, 6.45) is 7.59. The highest BCUT2D eigenvalue weighted by Gasteiger charge is 2.04. The Bertz CT molecular complexity index is 804. The molecule has 3 aromatic rings. The van der Waals surface area contributed by atoms with E-state index in [9.17, 15) is 4.79 Å². The highest BCUT2D eigenvalue weighted by Crippen LogP contribution is 2.16. The monoisotopic (exact) mass is 331 g/mol. The molecule has 4 nitrogen and oxygen atoms in total. The normalized spacial score (nSPS) is 10.4. The summed E-state index contributed by atoms with van der Waals surface area (Å²) in [6, 6.07) is 18.0. The SMILES string of the molecule is O=C(CCCc1ccccc1)NCc1ccnc(-c2ccncc2)c1. The van der Waals surface area contributed by atoms with Crippen LogP contribution in [-0.2, 0) is 17.8 Å². The molecular weight excluding hydrogens is 310 g/mol. The first kappa shape index (κ1) is 16.8. The van der Waals surface area contributed by atoms with Crippen LogP contribution in [0.3, 0.4) is 0 Å². The predicted molar refractivity (Wildman–Crippen MR) is 98.7 cm³/mol. The minimum atomic E-state index is 0.0817. The number of pyridine rings is 2. The lowest BCUT2D eigenvalue weighted by atomic mass is 10.1. The highest BCUT2D eigenvalue weighted by atomic mass is 16.1. The van der Waals surface area contributed by atoms with E-state index in [-0.39, 0.29) is 5.91 Å². The second-order valence-corrected chi connectivity index (χ2v) is 5.90. The van der Waals surface area contributed by atoms with E-state index in [0.717, 1.165) is 29.7 Å². The van der Waals surface area contributed by atoms with Gasteiger partial charge in [-0.2, -0.15) is 0 Å². The van der Waals surface area contributed by atoms with Crippen molar-refractivity contribution in [1.82, 2.24) is 15.3 Å². The van der Waals surface area contributed by atoms with Gasteiger partial charge in [-0.1, -0.05) is 30.3 Å². The Morgan fingerprint density at radius 2 is 1.72 bits per heavy atom. The molecule has 0 bridgehead atoms. The molecule has 0 fully saturated rings. The van der Waals surface area contributed by atoms with Crippen LogP contribution in [0.25, 0.3) is 11.3 Å². The fourth-order valence-corrected chi connectivity index (χ4v) is 2.65. The smallest absolute Gasteiger partial charge is 0.220 e. The van der Waals surface area contributed by atoms with E-state index in [1.54, 1.807) is 18.6 Å². The summed E-state index contributed by atoms with van der Waals surface area (Å²) in [5.41, 5.74) is 4.22. The number of carbonyl (C=O) groups excluding carboxylic acids is 1. The van der Waals surface area contributed by atoms with Crippen molar-refractivity contribution in [3.63, 3.8) is 0 Å². The molecule has 0 unspecified atom stereocenters. The third-order valence-corrected chi connectivity index (χ3v) is 4.00. The van der Waals surface area contributed by atoms with Gasteiger partial charge in [0.2, 0.25) is 5.91 Å². The van der Waals surface area contributed by atoms with Gasteiger partial charge >= 0.3 is 0 Å². The fraction of sp³-hybridized carbons (Fsp3) is 0.190. The van der Waals surface area contributed by atoms with Crippen molar-refractivity contribution in [3.05, 3.63) is 84.3 Å². The summed E-state index contributed by atoms with van der Waals surface area (Å²) in [7, 11) is 0. The Balaban J connectivity index is 1.47. The number of benzene rings is 1. The molecule has 3 rings (SSSR count). The van der Waals surface area contributed by atoms with Crippen molar-refractivity contribution in [2.75, 3.05) is 0 Å². The molecule has 0 atom stereocenters. The predicted octanol–water partition coefficient (Wildman–Crippen LogP) is 3.78. The molecule has 1 N–H and O–H groups in total. The molecule has 0 saturated carbocycles. The second kappa shape index (κ2) is 8.73. The summed E-state index contributed by atoms with van der Waals surface area (Å²) in [5, 5.41) is 2.98. The number of carbonyl (C=O) groups is 1. The Labute approximate surface area is 148 Å². The van der Waals surface area contributed by atoms with Crippen LogP contribution < -0.4 is 5.32 Å². The lowest BCUT2D eigenvalue weighted by molar-refractivity contribution is -0.121. The van der Waals surface area contributed by atoms with E-state index in [1.807, 2.05) is 42.5 Å². The van der Waals surface area contributed by atoms with Crippen LogP contribution in [0.4, 0.5) is 0 Å². The molecule has 0 aliphatic rings. The van der Waals surface area contributed by atoms with E-state index in [0.29, 0.717) is 13.0 Å². The zero-order valence-corrected chi connectivity index (χ0v) is 14.1. The van der Waals surface area contributed by atoms with Crippen molar-refractivity contribution in [2.45, 2.75) is 25.8 Å². The molecule has 0 aliphatic carbocycles. The van der Waals surface area contributed by atoms with Gasteiger partial charge < -0.3 is 5.32 Å². The Morgan fingerprint density at radius 1 is 0.920 bits per heavy atom. The second-order valence-electron chi connectivity index (χ2n) is 5.90. The molecular formula is C21H21N3O. The minimum Gasteiger partial charge on any atom is -0.352 e. The molecule has 0 radical (unpaired) electrons. The first-order valence-electron chi connectivity index (χ1n) is 8.47. The maximum absolute atomic E-state index is 12.0. The molecule has 1 amide bonds. The van der Waals surface area contributed by atoms with Crippen LogP contribution in [0.2, 0.25) is 0 Å². The number of aromatic nitrogens is 2. The van der Waals surface area contributed by atoms with Crippen LogP contribution in [0.1, 0.15) is 24.0 Å². The number of nitrogens with zero attached hydrogens (tertiary/aromatic N) is 2. The molecule has 2 aromatic heterocycles. The molecule has 25 heavy (non-hydrogen) atoms. The van der Waals surface area contributed by atoms with Crippen LogP contribution in [0.15, 0.2) is 73.2 Å². The number of hydrogen-bond acceptors (Lipinski definition) is 3. The molecule has 126 valence electrons. The van der Waals surface area contributed by atoms with Gasteiger partial charge in [0.15, 0.2) is 0 Å². The van der Waals surface area contributed by atoms with Crippen molar-refractivity contribution < 1.29 is 4.79 Å². The van der Waals surface area contributed by atoms with Crippen LogP contribution in [-0.4, -0.2) is 15.9 Å².